The van der Waals surface area contributed by atoms with Gasteiger partial charge < -0.3 is 15.6 Å². The summed E-state index contributed by atoms with van der Waals surface area (Å²) in [6.07, 6.45) is 1.66. The van der Waals surface area contributed by atoms with E-state index in [1.807, 2.05) is 18.2 Å². The number of aliphatic hydroxyl groups is 1. The van der Waals surface area contributed by atoms with Crippen LogP contribution in [0.15, 0.2) is 24.4 Å². The van der Waals surface area contributed by atoms with Crippen molar-refractivity contribution in [3.63, 3.8) is 0 Å². The number of hydrogen-bond acceptors (Lipinski definition) is 5. The Hall–Kier alpha value is -1.01. The zero-order valence-corrected chi connectivity index (χ0v) is 10.7. The zero-order chi connectivity index (χ0) is 13.0. The Morgan fingerprint density at radius 2 is 2.44 bits per heavy atom. The minimum Gasteiger partial charge on any atom is -0.394 e. The summed E-state index contributed by atoms with van der Waals surface area (Å²) >= 11 is 0. The Balaban J connectivity index is 2.15. The molecule has 2 heterocycles. The topological polar surface area (TPSA) is 71.6 Å². The van der Waals surface area contributed by atoms with E-state index in [2.05, 4.69) is 16.8 Å². The molecule has 3 atom stereocenters. The molecule has 0 saturated carbocycles. The molecule has 1 aromatic heterocycles. The maximum atomic E-state index is 9.22. The number of aliphatic hydroxyl groups excluding tert-OH is 1. The van der Waals surface area contributed by atoms with Crippen molar-refractivity contribution in [3.8, 4) is 0 Å². The number of rotatable bonds is 4. The van der Waals surface area contributed by atoms with E-state index in [4.69, 9.17) is 10.5 Å². The van der Waals surface area contributed by atoms with Gasteiger partial charge in [-0.1, -0.05) is 6.07 Å². The van der Waals surface area contributed by atoms with Gasteiger partial charge in [-0.2, -0.15) is 0 Å². The lowest BCUT2D eigenvalue weighted by Crippen LogP contribution is -2.52. The summed E-state index contributed by atoms with van der Waals surface area (Å²) in [6.45, 7) is 3.98. The van der Waals surface area contributed by atoms with E-state index in [9.17, 15) is 5.11 Å². The predicted octanol–water partition coefficient (Wildman–Crippen LogP) is 0.163. The van der Waals surface area contributed by atoms with E-state index in [0.717, 1.165) is 5.69 Å². The van der Waals surface area contributed by atoms with Gasteiger partial charge in [0.05, 0.1) is 31.1 Å². The summed E-state index contributed by atoms with van der Waals surface area (Å²) in [5.74, 6) is 0. The SMILES string of the molecule is CC1COC(CO)CN1C(CN)c1ccccn1. The Kier molecular flexibility index (Phi) is 4.66. The van der Waals surface area contributed by atoms with Crippen molar-refractivity contribution >= 4 is 0 Å². The molecule has 1 aliphatic rings. The molecule has 100 valence electrons. The minimum absolute atomic E-state index is 0.0444. The second-order valence-corrected chi connectivity index (χ2v) is 4.69. The van der Waals surface area contributed by atoms with Gasteiger partial charge in [0.2, 0.25) is 0 Å². The number of nitrogens with zero attached hydrogens (tertiary/aromatic N) is 2. The van der Waals surface area contributed by atoms with E-state index in [1.54, 1.807) is 6.20 Å². The first-order chi connectivity index (χ1) is 8.76. The van der Waals surface area contributed by atoms with Crippen LogP contribution in [0.5, 0.6) is 0 Å². The highest BCUT2D eigenvalue weighted by Crippen LogP contribution is 2.24. The third-order valence-electron chi connectivity index (χ3n) is 3.41. The van der Waals surface area contributed by atoms with Gasteiger partial charge in [0.25, 0.3) is 0 Å². The Labute approximate surface area is 108 Å². The van der Waals surface area contributed by atoms with Crippen LogP contribution in [0.3, 0.4) is 0 Å². The van der Waals surface area contributed by atoms with Crippen molar-refractivity contribution in [3.05, 3.63) is 30.1 Å². The zero-order valence-electron chi connectivity index (χ0n) is 10.7. The highest BCUT2D eigenvalue weighted by atomic mass is 16.5. The van der Waals surface area contributed by atoms with Crippen LogP contribution in [0.2, 0.25) is 0 Å². The quantitative estimate of drug-likeness (QED) is 0.798. The van der Waals surface area contributed by atoms with Gasteiger partial charge in [-0.15, -0.1) is 0 Å². The molecule has 1 aliphatic heterocycles. The van der Waals surface area contributed by atoms with Crippen LogP contribution in [0.4, 0.5) is 0 Å². The average molecular weight is 251 g/mol. The predicted molar refractivity (Wildman–Crippen MR) is 69.0 cm³/mol. The molecule has 0 amide bonds. The number of aromatic nitrogens is 1. The molecule has 0 radical (unpaired) electrons. The van der Waals surface area contributed by atoms with Gasteiger partial charge in [-0.05, 0) is 19.1 Å². The highest BCUT2D eigenvalue weighted by molar-refractivity contribution is 5.10. The summed E-state index contributed by atoms with van der Waals surface area (Å²) in [7, 11) is 0. The van der Waals surface area contributed by atoms with Crippen LogP contribution < -0.4 is 5.73 Å². The van der Waals surface area contributed by atoms with Crippen molar-refractivity contribution in [2.24, 2.45) is 5.73 Å². The van der Waals surface area contributed by atoms with Gasteiger partial charge in [0.1, 0.15) is 0 Å². The Bertz CT molecular complexity index is 361. The molecule has 3 unspecified atom stereocenters. The normalized spacial score (nSPS) is 27.1. The number of hydrogen-bond donors (Lipinski definition) is 2. The molecule has 2 rings (SSSR count). The fraction of sp³-hybridized carbons (Fsp3) is 0.615. The number of morpholine rings is 1. The van der Waals surface area contributed by atoms with Crippen molar-refractivity contribution in [2.75, 3.05) is 26.3 Å². The number of pyridine rings is 1. The van der Waals surface area contributed by atoms with Crippen molar-refractivity contribution in [1.82, 2.24) is 9.88 Å². The molecule has 0 aliphatic carbocycles. The number of ether oxygens (including phenoxy) is 1. The molecule has 0 spiro atoms. The summed E-state index contributed by atoms with van der Waals surface area (Å²) in [5, 5.41) is 9.22. The molecule has 0 aromatic carbocycles. The lowest BCUT2D eigenvalue weighted by molar-refractivity contribution is -0.0911. The van der Waals surface area contributed by atoms with Crippen molar-refractivity contribution in [1.29, 1.82) is 0 Å². The molecule has 0 bridgehead atoms. The van der Waals surface area contributed by atoms with Gasteiger partial charge in [0, 0.05) is 25.3 Å². The molecule has 1 fully saturated rings. The molecular weight excluding hydrogens is 230 g/mol. The van der Waals surface area contributed by atoms with Crippen LogP contribution in [0.1, 0.15) is 18.7 Å². The molecule has 1 saturated heterocycles. The lowest BCUT2D eigenvalue weighted by atomic mass is 10.1. The summed E-state index contributed by atoms with van der Waals surface area (Å²) < 4.78 is 5.55. The molecule has 5 heteroatoms. The molecule has 18 heavy (non-hydrogen) atoms. The average Bonchev–Trinajstić information content (AvgIpc) is 2.43. The summed E-state index contributed by atoms with van der Waals surface area (Å²) in [6, 6.07) is 6.23. The van der Waals surface area contributed by atoms with Crippen molar-refractivity contribution in [2.45, 2.75) is 25.1 Å². The Morgan fingerprint density at radius 3 is 3.06 bits per heavy atom. The first-order valence-corrected chi connectivity index (χ1v) is 6.35. The number of nitrogens with two attached hydrogens (primary N) is 1. The van der Waals surface area contributed by atoms with E-state index >= 15 is 0 Å². The summed E-state index contributed by atoms with van der Waals surface area (Å²) in [4.78, 5) is 6.66. The second-order valence-electron chi connectivity index (χ2n) is 4.69. The fourth-order valence-corrected chi connectivity index (χ4v) is 2.38. The molecule has 3 N–H and O–H groups in total. The Morgan fingerprint density at radius 1 is 1.61 bits per heavy atom. The first kappa shape index (κ1) is 13.4. The van der Waals surface area contributed by atoms with Crippen LogP contribution in [-0.2, 0) is 4.74 Å². The van der Waals surface area contributed by atoms with Gasteiger partial charge in [0.15, 0.2) is 0 Å². The van der Waals surface area contributed by atoms with E-state index in [1.165, 1.54) is 0 Å². The third kappa shape index (κ3) is 2.87. The van der Waals surface area contributed by atoms with Crippen LogP contribution in [-0.4, -0.2) is 53.4 Å². The fourth-order valence-electron chi connectivity index (χ4n) is 2.38. The van der Waals surface area contributed by atoms with E-state index in [-0.39, 0.29) is 24.8 Å². The minimum atomic E-state index is -0.126. The largest absolute Gasteiger partial charge is 0.394 e. The molecule has 1 aromatic rings. The van der Waals surface area contributed by atoms with Crippen molar-refractivity contribution < 1.29 is 9.84 Å². The maximum absolute atomic E-state index is 9.22. The monoisotopic (exact) mass is 251 g/mol. The highest BCUT2D eigenvalue weighted by Gasteiger charge is 2.31. The van der Waals surface area contributed by atoms with Gasteiger partial charge >= 0.3 is 0 Å². The van der Waals surface area contributed by atoms with Crippen LogP contribution in [0, 0.1) is 0 Å². The second kappa shape index (κ2) is 6.24. The third-order valence-corrected chi connectivity index (χ3v) is 3.41. The standard InChI is InChI=1S/C13H21N3O2/c1-10-9-18-11(8-17)7-16(10)13(6-14)12-4-2-3-5-15-12/h2-5,10-11,13,17H,6-9,14H2,1H3. The summed E-state index contributed by atoms with van der Waals surface area (Å²) in [5.41, 5.74) is 6.88. The van der Waals surface area contributed by atoms with Crippen LogP contribution in [0.25, 0.3) is 0 Å². The maximum Gasteiger partial charge on any atom is 0.0933 e. The smallest absolute Gasteiger partial charge is 0.0933 e. The van der Waals surface area contributed by atoms with E-state index < -0.39 is 0 Å². The van der Waals surface area contributed by atoms with Crippen LogP contribution >= 0.6 is 0 Å². The first-order valence-electron chi connectivity index (χ1n) is 6.35. The van der Waals surface area contributed by atoms with Gasteiger partial charge in [-0.3, -0.25) is 9.88 Å². The molecule has 5 nitrogen and oxygen atoms in total. The van der Waals surface area contributed by atoms with Gasteiger partial charge in [-0.25, -0.2) is 0 Å². The molecular formula is C13H21N3O2. The van der Waals surface area contributed by atoms with E-state index in [0.29, 0.717) is 19.7 Å². The lowest BCUT2D eigenvalue weighted by Gasteiger charge is -2.41.